The number of benzene rings is 1. The van der Waals surface area contributed by atoms with Gasteiger partial charge in [-0.3, -0.25) is 0 Å². The van der Waals surface area contributed by atoms with Gasteiger partial charge in [-0.15, -0.1) is 0 Å². The Hall–Kier alpha value is -1.08. The molecule has 1 aromatic heterocycles. The quantitative estimate of drug-likeness (QED) is 0.619. The Balaban J connectivity index is 2.55. The van der Waals surface area contributed by atoms with Crippen LogP contribution in [0.4, 0.5) is 0 Å². The van der Waals surface area contributed by atoms with Crippen LogP contribution in [0.15, 0.2) is 35.0 Å². The maximum atomic E-state index is 3.19. The van der Waals surface area contributed by atoms with E-state index in [1.165, 1.54) is 16.7 Å². The van der Waals surface area contributed by atoms with Crippen molar-refractivity contribution in [3.8, 4) is 11.1 Å². The largest absolute Gasteiger partial charge is 0.152 e. The van der Waals surface area contributed by atoms with E-state index in [1.807, 2.05) is 12.1 Å². The zero-order valence-electron chi connectivity index (χ0n) is 6.87. The van der Waals surface area contributed by atoms with Gasteiger partial charge in [-0.2, -0.15) is 11.3 Å². The molecule has 0 saturated heterocycles. The highest BCUT2D eigenvalue weighted by Crippen LogP contribution is 2.24. The molecule has 1 aromatic carbocycles. The molecule has 0 unspecified atom stereocenters. The zero-order chi connectivity index (χ0) is 8.39. The fraction of sp³-hybridized carbons (Fsp3) is 0.0909. The Bertz CT molecular complexity index is 360. The van der Waals surface area contributed by atoms with Gasteiger partial charge in [0.25, 0.3) is 0 Å². The second-order valence-corrected chi connectivity index (χ2v) is 3.50. The van der Waals surface area contributed by atoms with Gasteiger partial charge in [0, 0.05) is 0 Å². The van der Waals surface area contributed by atoms with Gasteiger partial charge in [0.2, 0.25) is 0 Å². The zero-order valence-corrected chi connectivity index (χ0v) is 7.69. The van der Waals surface area contributed by atoms with E-state index < -0.39 is 0 Å². The molecule has 1 heteroatoms. The third-order valence-corrected chi connectivity index (χ3v) is 2.58. The van der Waals surface area contributed by atoms with Crippen LogP contribution < -0.4 is 0 Å². The highest BCUT2D eigenvalue weighted by molar-refractivity contribution is 7.08. The standard InChI is InChI=1S/C11H9S/c1-9-4-2-3-5-11(9)10-6-7-12-8-10/h2-3,5-8H,1H3. The second kappa shape index (κ2) is 3.11. The number of aryl methyl sites for hydroxylation is 1. The normalized spacial score (nSPS) is 10.1. The van der Waals surface area contributed by atoms with Crippen molar-refractivity contribution in [3.63, 3.8) is 0 Å². The van der Waals surface area contributed by atoms with Gasteiger partial charge >= 0.3 is 0 Å². The molecular weight excluding hydrogens is 164 g/mol. The topological polar surface area (TPSA) is 0 Å². The molecule has 1 heterocycles. The average Bonchev–Trinajstić information content (AvgIpc) is 2.57. The molecule has 12 heavy (non-hydrogen) atoms. The third-order valence-electron chi connectivity index (χ3n) is 1.90. The summed E-state index contributed by atoms with van der Waals surface area (Å²) in [5, 5.41) is 4.26. The molecule has 0 atom stereocenters. The minimum atomic E-state index is 1.22. The number of thiophene rings is 1. The molecule has 0 spiro atoms. The first-order valence-corrected chi connectivity index (χ1v) is 4.82. The van der Waals surface area contributed by atoms with Crippen LogP contribution in [0.25, 0.3) is 11.1 Å². The lowest BCUT2D eigenvalue weighted by atomic mass is 10.0. The summed E-state index contributed by atoms with van der Waals surface area (Å²) in [5.74, 6) is 0. The summed E-state index contributed by atoms with van der Waals surface area (Å²) in [6.07, 6.45) is 0. The predicted octanol–water partition coefficient (Wildman–Crippen LogP) is 3.52. The van der Waals surface area contributed by atoms with Crippen molar-refractivity contribution < 1.29 is 0 Å². The molecule has 0 nitrogen and oxygen atoms in total. The van der Waals surface area contributed by atoms with Crippen LogP contribution in [0, 0.1) is 13.0 Å². The summed E-state index contributed by atoms with van der Waals surface area (Å²) < 4.78 is 0. The van der Waals surface area contributed by atoms with Gasteiger partial charge in [0.05, 0.1) is 0 Å². The Morgan fingerprint density at radius 2 is 2.25 bits per heavy atom. The molecule has 0 amide bonds. The first-order chi connectivity index (χ1) is 5.88. The summed E-state index contributed by atoms with van der Waals surface area (Å²) in [6.45, 7) is 2.09. The Labute approximate surface area is 76.5 Å². The first-order valence-electron chi connectivity index (χ1n) is 3.88. The fourth-order valence-corrected chi connectivity index (χ4v) is 1.91. The van der Waals surface area contributed by atoms with Crippen LogP contribution in [0.3, 0.4) is 0 Å². The predicted molar refractivity (Wildman–Crippen MR) is 53.3 cm³/mol. The van der Waals surface area contributed by atoms with Crippen LogP contribution in [0.2, 0.25) is 0 Å². The first kappa shape index (κ1) is 7.56. The number of hydrogen-bond donors (Lipinski definition) is 0. The SMILES string of the molecule is Cc1[c]cccc1-c1ccsc1. The Morgan fingerprint density at radius 3 is 2.92 bits per heavy atom. The van der Waals surface area contributed by atoms with Gasteiger partial charge in [-0.05, 0) is 46.5 Å². The van der Waals surface area contributed by atoms with Crippen LogP contribution >= 0.6 is 11.3 Å². The summed E-state index contributed by atoms with van der Waals surface area (Å²) in [6, 6.07) is 11.4. The molecule has 0 N–H and O–H groups in total. The molecule has 1 radical (unpaired) electrons. The molecule has 0 fully saturated rings. The van der Waals surface area contributed by atoms with Crippen LogP contribution in [0.5, 0.6) is 0 Å². The van der Waals surface area contributed by atoms with Gasteiger partial charge in [-0.1, -0.05) is 18.2 Å². The maximum absolute atomic E-state index is 3.19. The summed E-state index contributed by atoms with van der Waals surface area (Å²) >= 11 is 1.73. The lowest BCUT2D eigenvalue weighted by Crippen LogP contribution is -1.78. The van der Waals surface area contributed by atoms with Crippen molar-refractivity contribution in [2.45, 2.75) is 6.92 Å². The minimum Gasteiger partial charge on any atom is -0.152 e. The molecule has 0 saturated carbocycles. The van der Waals surface area contributed by atoms with Crippen molar-refractivity contribution >= 4 is 11.3 Å². The molecule has 2 aromatic rings. The molecule has 0 aliphatic carbocycles. The van der Waals surface area contributed by atoms with Crippen LogP contribution in [-0.2, 0) is 0 Å². The van der Waals surface area contributed by atoms with Gasteiger partial charge in [-0.25, -0.2) is 0 Å². The highest BCUT2D eigenvalue weighted by atomic mass is 32.1. The second-order valence-electron chi connectivity index (χ2n) is 2.72. The molecule has 0 aliphatic rings. The van der Waals surface area contributed by atoms with E-state index in [0.29, 0.717) is 0 Å². The summed E-state index contributed by atoms with van der Waals surface area (Å²) in [4.78, 5) is 0. The Morgan fingerprint density at radius 1 is 1.33 bits per heavy atom. The van der Waals surface area contributed by atoms with Crippen molar-refractivity contribution in [1.82, 2.24) is 0 Å². The van der Waals surface area contributed by atoms with Gasteiger partial charge < -0.3 is 0 Å². The van der Waals surface area contributed by atoms with E-state index >= 15 is 0 Å². The van der Waals surface area contributed by atoms with Crippen molar-refractivity contribution in [3.05, 3.63) is 46.7 Å². The summed E-state index contributed by atoms with van der Waals surface area (Å²) in [5.41, 5.74) is 3.81. The number of rotatable bonds is 1. The molecule has 0 bridgehead atoms. The van der Waals surface area contributed by atoms with E-state index in [4.69, 9.17) is 0 Å². The maximum Gasteiger partial charge on any atom is -0.00146 e. The minimum absolute atomic E-state index is 1.22. The van der Waals surface area contributed by atoms with Gasteiger partial charge in [0.15, 0.2) is 0 Å². The van der Waals surface area contributed by atoms with Crippen LogP contribution in [0.1, 0.15) is 5.56 Å². The van der Waals surface area contributed by atoms with Crippen LogP contribution in [-0.4, -0.2) is 0 Å². The molecular formula is C11H9S. The van der Waals surface area contributed by atoms with Crippen molar-refractivity contribution in [2.24, 2.45) is 0 Å². The average molecular weight is 173 g/mol. The van der Waals surface area contributed by atoms with E-state index in [0.717, 1.165) is 0 Å². The summed E-state index contributed by atoms with van der Waals surface area (Å²) in [7, 11) is 0. The third kappa shape index (κ3) is 1.28. The van der Waals surface area contributed by atoms with Crippen molar-refractivity contribution in [2.75, 3.05) is 0 Å². The fourth-order valence-electron chi connectivity index (χ4n) is 1.25. The highest BCUT2D eigenvalue weighted by Gasteiger charge is 1.99. The monoisotopic (exact) mass is 173 g/mol. The van der Waals surface area contributed by atoms with Gasteiger partial charge in [0.1, 0.15) is 0 Å². The number of hydrogen-bond acceptors (Lipinski definition) is 1. The Kier molecular flexibility index (Phi) is 1.96. The van der Waals surface area contributed by atoms with E-state index in [1.54, 1.807) is 11.3 Å². The van der Waals surface area contributed by atoms with Crippen molar-refractivity contribution in [1.29, 1.82) is 0 Å². The van der Waals surface area contributed by atoms with E-state index in [9.17, 15) is 0 Å². The van der Waals surface area contributed by atoms with E-state index in [-0.39, 0.29) is 0 Å². The molecule has 2 rings (SSSR count). The van der Waals surface area contributed by atoms with E-state index in [2.05, 4.69) is 35.9 Å². The molecule has 59 valence electrons. The smallest absolute Gasteiger partial charge is 0.00146 e. The lowest BCUT2D eigenvalue weighted by molar-refractivity contribution is 1.46. The molecule has 0 aliphatic heterocycles. The lowest BCUT2D eigenvalue weighted by Gasteiger charge is -2.00.